The minimum atomic E-state index is -0.207. The number of aryl methyl sites for hydroxylation is 1. The molecule has 1 saturated heterocycles. The van der Waals surface area contributed by atoms with E-state index < -0.39 is 0 Å². The van der Waals surface area contributed by atoms with Crippen molar-refractivity contribution in [1.82, 2.24) is 10.3 Å². The van der Waals surface area contributed by atoms with Gasteiger partial charge in [-0.25, -0.2) is 10.4 Å². The van der Waals surface area contributed by atoms with Gasteiger partial charge in [-0.2, -0.15) is 0 Å². The minimum absolute atomic E-state index is 0.207. The highest BCUT2D eigenvalue weighted by molar-refractivity contribution is 7.80. The van der Waals surface area contributed by atoms with Gasteiger partial charge in [0.1, 0.15) is 5.66 Å². The SMILES string of the molecule is C=C(C)CN1C(=S)N(c2ccc(C)cc2)NC1(C)C. The Morgan fingerprint density at radius 2 is 1.89 bits per heavy atom. The van der Waals surface area contributed by atoms with E-state index in [9.17, 15) is 0 Å². The van der Waals surface area contributed by atoms with Crippen molar-refractivity contribution in [3.63, 3.8) is 0 Å². The molecule has 1 aromatic rings. The third-order valence-electron chi connectivity index (χ3n) is 3.20. The normalized spacial score (nSPS) is 18.0. The van der Waals surface area contributed by atoms with E-state index in [0.29, 0.717) is 0 Å². The van der Waals surface area contributed by atoms with Crippen molar-refractivity contribution in [3.8, 4) is 0 Å². The van der Waals surface area contributed by atoms with Crippen molar-refractivity contribution >= 4 is 23.0 Å². The van der Waals surface area contributed by atoms with Crippen LogP contribution in [0.25, 0.3) is 0 Å². The first-order valence-electron chi connectivity index (χ1n) is 6.42. The molecule has 4 heteroatoms. The molecular formula is C15H21N3S. The number of rotatable bonds is 3. The number of benzene rings is 1. The highest BCUT2D eigenvalue weighted by Gasteiger charge is 2.40. The van der Waals surface area contributed by atoms with Gasteiger partial charge in [0.15, 0.2) is 5.11 Å². The van der Waals surface area contributed by atoms with Gasteiger partial charge in [0.05, 0.1) is 5.69 Å². The first kappa shape index (κ1) is 14.0. The molecule has 0 saturated carbocycles. The van der Waals surface area contributed by atoms with Gasteiger partial charge in [-0.05, 0) is 52.0 Å². The Balaban J connectivity index is 2.28. The van der Waals surface area contributed by atoms with E-state index in [1.165, 1.54) is 5.56 Å². The largest absolute Gasteiger partial charge is 0.324 e. The third kappa shape index (κ3) is 2.80. The summed E-state index contributed by atoms with van der Waals surface area (Å²) in [6, 6.07) is 8.34. The Morgan fingerprint density at radius 1 is 1.32 bits per heavy atom. The standard InChI is InChI=1S/C15H21N3S/c1-11(2)10-17-14(19)18(16-15(17,4)5)13-8-6-12(3)7-9-13/h6-9,16H,1,10H2,2-5H3. The lowest BCUT2D eigenvalue weighted by Gasteiger charge is -2.30. The van der Waals surface area contributed by atoms with Crippen molar-refractivity contribution in [3.05, 3.63) is 42.0 Å². The van der Waals surface area contributed by atoms with Crippen LogP contribution in [-0.2, 0) is 0 Å². The Hall–Kier alpha value is -1.39. The Morgan fingerprint density at radius 3 is 2.42 bits per heavy atom. The predicted molar refractivity (Wildman–Crippen MR) is 85.0 cm³/mol. The Labute approximate surface area is 120 Å². The highest BCUT2D eigenvalue weighted by Crippen LogP contribution is 2.27. The second-order valence-corrected chi connectivity index (χ2v) is 6.03. The number of hydrogen-bond acceptors (Lipinski definition) is 2. The van der Waals surface area contributed by atoms with Crippen molar-refractivity contribution in [2.75, 3.05) is 11.6 Å². The van der Waals surface area contributed by atoms with Crippen molar-refractivity contribution in [2.24, 2.45) is 0 Å². The summed E-state index contributed by atoms with van der Waals surface area (Å²) in [7, 11) is 0. The lowest BCUT2D eigenvalue weighted by atomic mass is 10.2. The van der Waals surface area contributed by atoms with E-state index >= 15 is 0 Å². The fraction of sp³-hybridized carbons (Fsp3) is 0.400. The van der Waals surface area contributed by atoms with Crippen LogP contribution in [0.3, 0.4) is 0 Å². The van der Waals surface area contributed by atoms with Crippen LogP contribution in [0.1, 0.15) is 26.3 Å². The lowest BCUT2D eigenvalue weighted by Crippen LogP contribution is -2.48. The van der Waals surface area contributed by atoms with Crippen LogP contribution in [0, 0.1) is 6.92 Å². The molecule has 0 amide bonds. The summed E-state index contributed by atoms with van der Waals surface area (Å²) in [6.45, 7) is 13.1. The van der Waals surface area contributed by atoms with Crippen LogP contribution >= 0.6 is 12.2 Å². The van der Waals surface area contributed by atoms with Gasteiger partial charge in [0, 0.05) is 6.54 Å². The van der Waals surface area contributed by atoms with E-state index in [1.807, 2.05) is 11.9 Å². The summed E-state index contributed by atoms with van der Waals surface area (Å²) >= 11 is 5.59. The smallest absolute Gasteiger partial charge is 0.192 e. The van der Waals surface area contributed by atoms with Gasteiger partial charge >= 0.3 is 0 Å². The molecule has 1 aliphatic heterocycles. The zero-order chi connectivity index (χ0) is 14.2. The van der Waals surface area contributed by atoms with E-state index in [2.05, 4.69) is 61.9 Å². The van der Waals surface area contributed by atoms with Gasteiger partial charge in [-0.3, -0.25) is 0 Å². The second kappa shape index (κ2) is 4.94. The van der Waals surface area contributed by atoms with Gasteiger partial charge < -0.3 is 4.90 Å². The average molecular weight is 275 g/mol. The number of nitrogens with zero attached hydrogens (tertiary/aromatic N) is 2. The number of hydrazine groups is 1. The van der Waals surface area contributed by atoms with Crippen LogP contribution in [0.2, 0.25) is 0 Å². The summed E-state index contributed by atoms with van der Waals surface area (Å²) in [5.74, 6) is 0. The molecule has 3 nitrogen and oxygen atoms in total. The lowest BCUT2D eigenvalue weighted by molar-refractivity contribution is 0.225. The first-order valence-corrected chi connectivity index (χ1v) is 6.83. The van der Waals surface area contributed by atoms with Crippen LogP contribution in [0.5, 0.6) is 0 Å². The van der Waals surface area contributed by atoms with Gasteiger partial charge in [-0.15, -0.1) is 0 Å². The number of anilines is 1. The van der Waals surface area contributed by atoms with Crippen LogP contribution in [-0.4, -0.2) is 22.2 Å². The summed E-state index contributed by atoms with van der Waals surface area (Å²) in [5, 5.41) is 2.76. The number of nitrogens with one attached hydrogen (secondary N) is 1. The van der Waals surface area contributed by atoms with Crippen molar-refractivity contribution in [1.29, 1.82) is 0 Å². The topological polar surface area (TPSA) is 18.5 Å². The highest BCUT2D eigenvalue weighted by atomic mass is 32.1. The van der Waals surface area contributed by atoms with Gasteiger partial charge in [0.2, 0.25) is 0 Å². The van der Waals surface area contributed by atoms with Crippen LogP contribution in [0.4, 0.5) is 5.69 Å². The summed E-state index contributed by atoms with van der Waals surface area (Å²) in [6.07, 6.45) is 0. The fourth-order valence-electron chi connectivity index (χ4n) is 2.15. The molecule has 0 aliphatic carbocycles. The summed E-state index contributed by atoms with van der Waals surface area (Å²) < 4.78 is 0. The van der Waals surface area contributed by atoms with Crippen LogP contribution < -0.4 is 10.4 Å². The maximum atomic E-state index is 5.59. The number of hydrogen-bond donors (Lipinski definition) is 1. The molecule has 1 N–H and O–H groups in total. The molecular weight excluding hydrogens is 254 g/mol. The maximum Gasteiger partial charge on any atom is 0.192 e. The summed E-state index contributed by atoms with van der Waals surface area (Å²) in [4.78, 5) is 2.16. The van der Waals surface area contributed by atoms with Gasteiger partial charge in [0.25, 0.3) is 0 Å². The summed E-state index contributed by atoms with van der Waals surface area (Å²) in [5.41, 5.74) is 6.65. The van der Waals surface area contributed by atoms with Gasteiger partial charge in [-0.1, -0.05) is 29.8 Å². The van der Waals surface area contributed by atoms with Crippen molar-refractivity contribution in [2.45, 2.75) is 33.4 Å². The zero-order valence-electron chi connectivity index (χ0n) is 12.0. The molecule has 1 fully saturated rings. The van der Waals surface area contributed by atoms with E-state index in [4.69, 9.17) is 12.2 Å². The second-order valence-electron chi connectivity index (χ2n) is 5.67. The molecule has 0 aromatic heterocycles. The number of thiocarbonyl (C=S) groups is 1. The molecule has 1 aromatic carbocycles. The molecule has 0 radical (unpaired) electrons. The zero-order valence-corrected chi connectivity index (χ0v) is 12.8. The van der Waals surface area contributed by atoms with Crippen molar-refractivity contribution < 1.29 is 0 Å². The quantitative estimate of drug-likeness (QED) is 0.674. The third-order valence-corrected chi connectivity index (χ3v) is 3.61. The van der Waals surface area contributed by atoms with Crippen LogP contribution in [0.15, 0.2) is 36.4 Å². The molecule has 2 rings (SSSR count). The molecule has 0 unspecified atom stereocenters. The molecule has 0 spiro atoms. The minimum Gasteiger partial charge on any atom is -0.324 e. The molecule has 1 aliphatic rings. The monoisotopic (exact) mass is 275 g/mol. The van der Waals surface area contributed by atoms with E-state index in [1.54, 1.807) is 0 Å². The molecule has 0 atom stereocenters. The van der Waals surface area contributed by atoms with E-state index in [-0.39, 0.29) is 5.66 Å². The molecule has 0 bridgehead atoms. The average Bonchev–Trinajstić information content (AvgIpc) is 2.53. The molecule has 102 valence electrons. The fourth-order valence-corrected chi connectivity index (χ4v) is 2.59. The Bertz CT molecular complexity index is 505. The maximum absolute atomic E-state index is 5.59. The molecule has 1 heterocycles. The Kier molecular flexibility index (Phi) is 3.65. The first-order chi connectivity index (χ1) is 8.81. The van der Waals surface area contributed by atoms with E-state index in [0.717, 1.165) is 22.9 Å². The molecule has 19 heavy (non-hydrogen) atoms. The predicted octanol–water partition coefficient (Wildman–Crippen LogP) is 3.22.